The Kier molecular flexibility index (Phi) is 2.61. The van der Waals surface area contributed by atoms with Crippen LogP contribution >= 0.6 is 11.3 Å². The van der Waals surface area contributed by atoms with Crippen molar-refractivity contribution in [2.75, 3.05) is 0 Å². The number of rotatable bonds is 2. The summed E-state index contributed by atoms with van der Waals surface area (Å²) in [7, 11) is 0. The highest BCUT2D eigenvalue weighted by Gasteiger charge is 2.13. The minimum Gasteiger partial charge on any atom is -0.251 e. The lowest BCUT2D eigenvalue weighted by Gasteiger charge is -2.16. The van der Waals surface area contributed by atoms with Crippen molar-refractivity contribution in [2.24, 2.45) is 5.41 Å². The van der Waals surface area contributed by atoms with E-state index in [2.05, 4.69) is 47.9 Å². The summed E-state index contributed by atoms with van der Waals surface area (Å²) in [6, 6.07) is 2.07. The van der Waals surface area contributed by atoms with Gasteiger partial charge in [-0.25, -0.2) is 0 Å². The molecular weight excluding hydrogens is 206 g/mol. The van der Waals surface area contributed by atoms with Gasteiger partial charge in [0, 0.05) is 17.5 Å². The van der Waals surface area contributed by atoms with Crippen LogP contribution in [-0.2, 0) is 6.54 Å². The lowest BCUT2D eigenvalue weighted by Crippen LogP contribution is -2.15. The highest BCUT2D eigenvalue weighted by Crippen LogP contribution is 2.21. The second kappa shape index (κ2) is 3.77. The first-order valence-electron chi connectivity index (χ1n) is 4.97. The van der Waals surface area contributed by atoms with Crippen LogP contribution in [0.1, 0.15) is 20.8 Å². The van der Waals surface area contributed by atoms with Gasteiger partial charge in [-0.3, -0.25) is 4.68 Å². The second-order valence-corrected chi connectivity index (χ2v) is 5.65. The molecule has 2 aromatic rings. The fourth-order valence-electron chi connectivity index (χ4n) is 1.40. The number of hydrogen-bond acceptors (Lipinski definition) is 3. The van der Waals surface area contributed by atoms with Crippen molar-refractivity contribution >= 4 is 11.3 Å². The van der Waals surface area contributed by atoms with Crippen molar-refractivity contribution in [1.82, 2.24) is 15.0 Å². The van der Waals surface area contributed by atoms with Crippen molar-refractivity contribution in [1.29, 1.82) is 0 Å². The molecule has 0 saturated heterocycles. The standard InChI is InChI=1S/C11H15N3S/c1-11(2,3)8-14-6-10(12-13-14)9-4-5-15-7-9/h4-7H,8H2,1-3H3. The van der Waals surface area contributed by atoms with Crippen LogP contribution in [0.5, 0.6) is 0 Å². The Hall–Kier alpha value is -1.16. The molecule has 4 heteroatoms. The molecule has 0 spiro atoms. The molecule has 0 unspecified atom stereocenters. The van der Waals surface area contributed by atoms with Crippen molar-refractivity contribution in [2.45, 2.75) is 27.3 Å². The minimum atomic E-state index is 0.236. The maximum atomic E-state index is 4.16. The van der Waals surface area contributed by atoms with E-state index in [1.54, 1.807) is 11.3 Å². The lowest BCUT2D eigenvalue weighted by atomic mass is 9.97. The third kappa shape index (κ3) is 2.65. The van der Waals surface area contributed by atoms with Gasteiger partial charge in [-0.05, 0) is 16.9 Å². The van der Waals surface area contributed by atoms with E-state index in [-0.39, 0.29) is 5.41 Å². The number of hydrogen-bond donors (Lipinski definition) is 0. The quantitative estimate of drug-likeness (QED) is 0.780. The predicted octanol–water partition coefficient (Wildman–Crippen LogP) is 3.05. The summed E-state index contributed by atoms with van der Waals surface area (Å²) in [5, 5.41) is 12.4. The molecule has 80 valence electrons. The van der Waals surface area contributed by atoms with Crippen LogP contribution in [0.15, 0.2) is 23.0 Å². The van der Waals surface area contributed by atoms with E-state index in [4.69, 9.17) is 0 Å². The minimum absolute atomic E-state index is 0.236. The average Bonchev–Trinajstić information content (AvgIpc) is 2.68. The van der Waals surface area contributed by atoms with E-state index in [9.17, 15) is 0 Å². The first kappa shape index (κ1) is 10.4. The molecule has 3 nitrogen and oxygen atoms in total. The van der Waals surface area contributed by atoms with Crippen molar-refractivity contribution < 1.29 is 0 Å². The summed E-state index contributed by atoms with van der Waals surface area (Å²) >= 11 is 1.68. The Morgan fingerprint density at radius 1 is 1.40 bits per heavy atom. The fourth-order valence-corrected chi connectivity index (χ4v) is 2.05. The summed E-state index contributed by atoms with van der Waals surface area (Å²) in [6.45, 7) is 7.47. The van der Waals surface area contributed by atoms with E-state index < -0.39 is 0 Å². The van der Waals surface area contributed by atoms with E-state index in [1.807, 2.05) is 10.9 Å². The summed E-state index contributed by atoms with van der Waals surface area (Å²) in [6.07, 6.45) is 2.01. The first-order valence-corrected chi connectivity index (χ1v) is 5.92. The average molecular weight is 221 g/mol. The van der Waals surface area contributed by atoms with E-state index in [0.717, 1.165) is 17.8 Å². The van der Waals surface area contributed by atoms with Gasteiger partial charge in [0.25, 0.3) is 0 Å². The van der Waals surface area contributed by atoms with E-state index in [1.165, 1.54) is 0 Å². The Bertz CT molecular complexity index is 423. The molecule has 0 N–H and O–H groups in total. The van der Waals surface area contributed by atoms with Gasteiger partial charge in [0.2, 0.25) is 0 Å². The molecule has 0 saturated carbocycles. The van der Waals surface area contributed by atoms with Crippen LogP contribution < -0.4 is 0 Å². The highest BCUT2D eigenvalue weighted by molar-refractivity contribution is 7.08. The van der Waals surface area contributed by atoms with Gasteiger partial charge in [0.05, 0.1) is 6.20 Å². The summed E-state index contributed by atoms with van der Waals surface area (Å²) in [5.74, 6) is 0. The topological polar surface area (TPSA) is 30.7 Å². The fraction of sp³-hybridized carbons (Fsp3) is 0.455. The third-order valence-corrected chi connectivity index (χ3v) is 2.68. The van der Waals surface area contributed by atoms with Crippen molar-refractivity contribution in [3.8, 4) is 11.3 Å². The Morgan fingerprint density at radius 2 is 2.20 bits per heavy atom. The molecular formula is C11H15N3S. The maximum Gasteiger partial charge on any atom is 0.113 e. The molecule has 0 fully saturated rings. The van der Waals surface area contributed by atoms with E-state index in [0.29, 0.717) is 0 Å². The van der Waals surface area contributed by atoms with Crippen molar-refractivity contribution in [3.63, 3.8) is 0 Å². The molecule has 0 aromatic carbocycles. The highest BCUT2D eigenvalue weighted by atomic mass is 32.1. The molecule has 0 bridgehead atoms. The number of nitrogens with zero attached hydrogens (tertiary/aromatic N) is 3. The molecule has 15 heavy (non-hydrogen) atoms. The molecule has 2 aromatic heterocycles. The summed E-state index contributed by atoms with van der Waals surface area (Å²) in [4.78, 5) is 0. The lowest BCUT2D eigenvalue weighted by molar-refractivity contribution is 0.321. The normalized spacial score (nSPS) is 11.9. The first-order chi connectivity index (χ1) is 7.04. The zero-order valence-electron chi connectivity index (χ0n) is 9.27. The monoisotopic (exact) mass is 221 g/mol. The SMILES string of the molecule is CC(C)(C)Cn1cc(-c2ccsc2)nn1. The van der Waals surface area contributed by atoms with Crippen LogP contribution in [0, 0.1) is 5.41 Å². The molecule has 2 rings (SSSR count). The molecule has 0 aliphatic heterocycles. The Labute approximate surface area is 93.7 Å². The molecule has 0 aliphatic rings. The van der Waals surface area contributed by atoms with Crippen LogP contribution in [0.2, 0.25) is 0 Å². The zero-order chi connectivity index (χ0) is 10.9. The number of thiophene rings is 1. The van der Waals surface area contributed by atoms with Crippen LogP contribution in [0.3, 0.4) is 0 Å². The van der Waals surface area contributed by atoms with Gasteiger partial charge < -0.3 is 0 Å². The molecule has 0 atom stereocenters. The van der Waals surface area contributed by atoms with Gasteiger partial charge in [-0.15, -0.1) is 5.10 Å². The second-order valence-electron chi connectivity index (χ2n) is 4.87. The van der Waals surface area contributed by atoms with Gasteiger partial charge >= 0.3 is 0 Å². The van der Waals surface area contributed by atoms with Gasteiger partial charge in [0.1, 0.15) is 5.69 Å². The zero-order valence-corrected chi connectivity index (χ0v) is 10.1. The van der Waals surface area contributed by atoms with Crippen molar-refractivity contribution in [3.05, 3.63) is 23.0 Å². The summed E-state index contributed by atoms with van der Waals surface area (Å²) < 4.78 is 1.91. The van der Waals surface area contributed by atoms with E-state index >= 15 is 0 Å². The maximum absolute atomic E-state index is 4.16. The Balaban J connectivity index is 2.18. The van der Waals surface area contributed by atoms with Crippen LogP contribution in [0.25, 0.3) is 11.3 Å². The predicted molar refractivity (Wildman–Crippen MR) is 62.8 cm³/mol. The van der Waals surface area contributed by atoms with Crippen LogP contribution in [0.4, 0.5) is 0 Å². The van der Waals surface area contributed by atoms with Crippen LogP contribution in [-0.4, -0.2) is 15.0 Å². The molecule has 0 aliphatic carbocycles. The Morgan fingerprint density at radius 3 is 2.80 bits per heavy atom. The number of aromatic nitrogens is 3. The molecule has 2 heterocycles. The van der Waals surface area contributed by atoms with Gasteiger partial charge in [-0.2, -0.15) is 11.3 Å². The summed E-state index contributed by atoms with van der Waals surface area (Å²) in [5.41, 5.74) is 2.35. The largest absolute Gasteiger partial charge is 0.251 e. The molecule has 0 amide bonds. The van der Waals surface area contributed by atoms with Gasteiger partial charge in [0.15, 0.2) is 0 Å². The smallest absolute Gasteiger partial charge is 0.113 e. The third-order valence-electron chi connectivity index (χ3n) is 1.99. The molecule has 0 radical (unpaired) electrons. The van der Waals surface area contributed by atoms with Gasteiger partial charge in [-0.1, -0.05) is 26.0 Å².